The molecule has 1 aliphatic rings. The van der Waals surface area contributed by atoms with Crippen LogP contribution in [0.4, 0.5) is 5.69 Å². The molecule has 2 rings (SSSR count). The number of carbonyl (C=O) groups is 3. The third-order valence-corrected chi connectivity index (χ3v) is 4.54. The maximum Gasteiger partial charge on any atom is 0.241 e. The van der Waals surface area contributed by atoms with Crippen LogP contribution in [0, 0.1) is 0 Å². The summed E-state index contributed by atoms with van der Waals surface area (Å²) in [5.41, 5.74) is 1.76. The SMILES string of the molecule is CCN(Cc1ccccc1NCC(=O)NCC(=O)N1CCCC1)C(C)=O. The van der Waals surface area contributed by atoms with Gasteiger partial charge in [0.05, 0.1) is 13.1 Å². The number of nitrogens with zero attached hydrogens (tertiary/aromatic N) is 2. The molecule has 0 aliphatic carbocycles. The van der Waals surface area contributed by atoms with Gasteiger partial charge in [0, 0.05) is 38.8 Å². The first-order valence-electron chi connectivity index (χ1n) is 9.13. The highest BCUT2D eigenvalue weighted by atomic mass is 16.2. The van der Waals surface area contributed by atoms with Crippen molar-refractivity contribution < 1.29 is 14.4 Å². The molecule has 1 aliphatic heterocycles. The molecule has 0 aromatic heterocycles. The first-order valence-corrected chi connectivity index (χ1v) is 9.13. The van der Waals surface area contributed by atoms with E-state index in [9.17, 15) is 14.4 Å². The van der Waals surface area contributed by atoms with E-state index in [0.29, 0.717) is 13.1 Å². The van der Waals surface area contributed by atoms with Crippen molar-refractivity contribution in [3.8, 4) is 0 Å². The molecule has 142 valence electrons. The summed E-state index contributed by atoms with van der Waals surface area (Å²) < 4.78 is 0. The van der Waals surface area contributed by atoms with Crippen molar-refractivity contribution >= 4 is 23.4 Å². The maximum absolute atomic E-state index is 12.0. The van der Waals surface area contributed by atoms with E-state index in [1.54, 1.807) is 16.7 Å². The maximum atomic E-state index is 12.0. The highest BCUT2D eigenvalue weighted by molar-refractivity contribution is 5.87. The number of rotatable bonds is 8. The fraction of sp³-hybridized carbons (Fsp3) is 0.526. The number of para-hydroxylation sites is 1. The molecule has 7 heteroatoms. The van der Waals surface area contributed by atoms with Crippen molar-refractivity contribution in [2.24, 2.45) is 0 Å². The van der Waals surface area contributed by atoms with Gasteiger partial charge in [-0.2, -0.15) is 0 Å². The quantitative estimate of drug-likeness (QED) is 0.730. The van der Waals surface area contributed by atoms with E-state index in [-0.39, 0.29) is 30.8 Å². The number of hydrogen-bond acceptors (Lipinski definition) is 4. The van der Waals surface area contributed by atoms with Gasteiger partial charge in [-0.25, -0.2) is 0 Å². The average Bonchev–Trinajstić information content (AvgIpc) is 3.17. The second kappa shape index (κ2) is 9.79. The average molecular weight is 360 g/mol. The summed E-state index contributed by atoms with van der Waals surface area (Å²) in [7, 11) is 0. The van der Waals surface area contributed by atoms with Gasteiger partial charge in [-0.05, 0) is 31.4 Å². The molecule has 0 unspecified atom stereocenters. The largest absolute Gasteiger partial charge is 0.376 e. The molecule has 1 saturated heterocycles. The van der Waals surface area contributed by atoms with Gasteiger partial charge in [-0.1, -0.05) is 18.2 Å². The van der Waals surface area contributed by atoms with Gasteiger partial charge in [0.2, 0.25) is 17.7 Å². The molecule has 3 amide bonds. The van der Waals surface area contributed by atoms with Crippen molar-refractivity contribution in [2.75, 3.05) is 38.0 Å². The predicted octanol–water partition coefficient (Wildman–Crippen LogP) is 1.21. The Labute approximate surface area is 154 Å². The lowest BCUT2D eigenvalue weighted by Gasteiger charge is -2.21. The summed E-state index contributed by atoms with van der Waals surface area (Å²) in [5, 5.41) is 5.76. The van der Waals surface area contributed by atoms with Gasteiger partial charge in [-0.3, -0.25) is 14.4 Å². The standard InChI is InChI=1S/C19H28N4O3/c1-3-22(15(2)24)14-16-8-4-5-9-17(16)20-12-18(25)21-13-19(26)23-10-6-7-11-23/h4-5,8-9,20H,3,6-7,10-14H2,1-2H3,(H,21,25). The van der Waals surface area contributed by atoms with Crippen LogP contribution in [-0.2, 0) is 20.9 Å². The zero-order valence-electron chi connectivity index (χ0n) is 15.6. The van der Waals surface area contributed by atoms with Crippen LogP contribution in [0.3, 0.4) is 0 Å². The molecule has 0 saturated carbocycles. The number of nitrogens with one attached hydrogen (secondary N) is 2. The third kappa shape index (κ3) is 5.75. The van der Waals surface area contributed by atoms with Gasteiger partial charge >= 0.3 is 0 Å². The van der Waals surface area contributed by atoms with E-state index in [1.807, 2.05) is 31.2 Å². The zero-order chi connectivity index (χ0) is 18.9. The van der Waals surface area contributed by atoms with Crippen molar-refractivity contribution in [1.82, 2.24) is 15.1 Å². The number of anilines is 1. The van der Waals surface area contributed by atoms with E-state index in [4.69, 9.17) is 0 Å². The van der Waals surface area contributed by atoms with Crippen LogP contribution in [0.25, 0.3) is 0 Å². The molecule has 1 heterocycles. The Balaban J connectivity index is 1.83. The first-order chi connectivity index (χ1) is 12.5. The minimum absolute atomic E-state index is 0.0143. The molecule has 0 bridgehead atoms. The lowest BCUT2D eigenvalue weighted by atomic mass is 10.1. The Morgan fingerprint density at radius 1 is 1.12 bits per heavy atom. The lowest BCUT2D eigenvalue weighted by Crippen LogP contribution is -2.40. The van der Waals surface area contributed by atoms with Gasteiger partial charge in [-0.15, -0.1) is 0 Å². The van der Waals surface area contributed by atoms with Crippen LogP contribution in [0.1, 0.15) is 32.3 Å². The van der Waals surface area contributed by atoms with E-state index in [1.165, 1.54) is 0 Å². The van der Waals surface area contributed by atoms with Crippen LogP contribution < -0.4 is 10.6 Å². The monoisotopic (exact) mass is 360 g/mol. The number of carbonyl (C=O) groups excluding carboxylic acids is 3. The molecule has 1 aromatic rings. The lowest BCUT2D eigenvalue weighted by molar-refractivity contribution is -0.131. The fourth-order valence-electron chi connectivity index (χ4n) is 2.97. The fourth-order valence-corrected chi connectivity index (χ4v) is 2.97. The number of hydrogen-bond donors (Lipinski definition) is 2. The van der Waals surface area contributed by atoms with Crippen molar-refractivity contribution in [3.05, 3.63) is 29.8 Å². The Morgan fingerprint density at radius 2 is 1.81 bits per heavy atom. The highest BCUT2D eigenvalue weighted by Gasteiger charge is 2.18. The Bertz CT molecular complexity index is 641. The van der Waals surface area contributed by atoms with Crippen LogP contribution in [0.15, 0.2) is 24.3 Å². The van der Waals surface area contributed by atoms with Gasteiger partial charge in [0.15, 0.2) is 0 Å². The van der Waals surface area contributed by atoms with Gasteiger partial charge < -0.3 is 20.4 Å². The second-order valence-electron chi connectivity index (χ2n) is 6.41. The van der Waals surface area contributed by atoms with Gasteiger partial charge in [0.1, 0.15) is 0 Å². The van der Waals surface area contributed by atoms with Crippen molar-refractivity contribution in [3.63, 3.8) is 0 Å². The molecule has 0 radical (unpaired) electrons. The minimum atomic E-state index is -0.230. The number of amides is 3. The summed E-state index contributed by atoms with van der Waals surface area (Å²) in [5.74, 6) is -0.247. The topological polar surface area (TPSA) is 81.8 Å². The normalized spacial score (nSPS) is 13.4. The molecule has 0 spiro atoms. The predicted molar refractivity (Wildman–Crippen MR) is 101 cm³/mol. The summed E-state index contributed by atoms with van der Waals surface area (Å²) in [6.45, 7) is 6.28. The molecule has 1 fully saturated rings. The van der Waals surface area contributed by atoms with Crippen molar-refractivity contribution in [1.29, 1.82) is 0 Å². The van der Waals surface area contributed by atoms with Crippen LogP contribution in [0.2, 0.25) is 0 Å². The molecule has 1 aromatic carbocycles. The van der Waals surface area contributed by atoms with Crippen LogP contribution in [-0.4, -0.2) is 60.2 Å². The van der Waals surface area contributed by atoms with E-state index < -0.39 is 0 Å². The Hall–Kier alpha value is -2.57. The van der Waals surface area contributed by atoms with Crippen LogP contribution >= 0.6 is 0 Å². The van der Waals surface area contributed by atoms with Crippen molar-refractivity contribution in [2.45, 2.75) is 33.2 Å². The molecule has 7 nitrogen and oxygen atoms in total. The summed E-state index contributed by atoms with van der Waals surface area (Å²) >= 11 is 0. The number of benzene rings is 1. The van der Waals surface area contributed by atoms with Gasteiger partial charge in [0.25, 0.3) is 0 Å². The molecular formula is C19H28N4O3. The Kier molecular flexibility index (Phi) is 7.44. The van der Waals surface area contributed by atoms with E-state index in [0.717, 1.165) is 37.2 Å². The zero-order valence-corrected chi connectivity index (χ0v) is 15.6. The van der Waals surface area contributed by atoms with Crippen LogP contribution in [0.5, 0.6) is 0 Å². The minimum Gasteiger partial charge on any atom is -0.376 e. The number of likely N-dealkylation sites (tertiary alicyclic amines) is 1. The highest BCUT2D eigenvalue weighted by Crippen LogP contribution is 2.17. The molecular weight excluding hydrogens is 332 g/mol. The molecule has 26 heavy (non-hydrogen) atoms. The summed E-state index contributed by atoms with van der Waals surface area (Å²) in [6, 6.07) is 7.60. The van der Waals surface area contributed by atoms with E-state index in [2.05, 4.69) is 10.6 Å². The second-order valence-corrected chi connectivity index (χ2v) is 6.41. The molecule has 0 atom stereocenters. The summed E-state index contributed by atoms with van der Waals surface area (Å²) in [4.78, 5) is 39.1. The smallest absolute Gasteiger partial charge is 0.241 e. The third-order valence-electron chi connectivity index (χ3n) is 4.54. The Morgan fingerprint density at radius 3 is 2.46 bits per heavy atom. The first kappa shape index (κ1) is 19.8. The van der Waals surface area contributed by atoms with E-state index >= 15 is 0 Å². The summed E-state index contributed by atoms with van der Waals surface area (Å²) in [6.07, 6.45) is 2.07. The molecule has 2 N–H and O–H groups in total.